The minimum atomic E-state index is -0.347. The number of para-hydroxylation sites is 1. The van der Waals surface area contributed by atoms with Crippen molar-refractivity contribution >= 4 is 16.7 Å². The van der Waals surface area contributed by atoms with Crippen LogP contribution in [0, 0.1) is 5.82 Å². The van der Waals surface area contributed by atoms with Gasteiger partial charge in [0.05, 0.1) is 0 Å². The number of Topliss-reactive ketones (excluding diaryl/α,β-unsaturated/α-hetero) is 1. The van der Waals surface area contributed by atoms with E-state index in [4.69, 9.17) is 0 Å². The highest BCUT2D eigenvalue weighted by Crippen LogP contribution is 2.31. The van der Waals surface area contributed by atoms with Crippen LogP contribution in [0.15, 0.2) is 18.2 Å². The summed E-state index contributed by atoms with van der Waals surface area (Å²) < 4.78 is 13.7. The second-order valence-electron chi connectivity index (χ2n) is 4.46. The fourth-order valence-electron chi connectivity index (χ4n) is 2.65. The number of benzene rings is 1. The van der Waals surface area contributed by atoms with E-state index in [1.54, 1.807) is 12.1 Å². The van der Waals surface area contributed by atoms with Gasteiger partial charge < -0.3 is 0 Å². The predicted molar refractivity (Wildman–Crippen MR) is 63.7 cm³/mol. The third-order valence-electron chi connectivity index (χ3n) is 3.35. The van der Waals surface area contributed by atoms with Crippen LogP contribution in [0.5, 0.6) is 0 Å². The van der Waals surface area contributed by atoms with Crippen molar-refractivity contribution in [1.82, 2.24) is 4.98 Å². The average Bonchev–Trinajstić information content (AvgIpc) is 2.74. The minimum absolute atomic E-state index is 0.00106. The van der Waals surface area contributed by atoms with E-state index in [0.29, 0.717) is 16.5 Å². The number of fused-ring (bicyclic) bond motifs is 2. The Bertz CT molecular complexity index is 634. The maximum Gasteiger partial charge on any atom is 0.160 e. The van der Waals surface area contributed by atoms with Crippen molar-refractivity contribution in [3.63, 3.8) is 0 Å². The van der Waals surface area contributed by atoms with Crippen LogP contribution in [0.4, 0.5) is 4.39 Å². The van der Waals surface area contributed by atoms with Gasteiger partial charge in [0.2, 0.25) is 0 Å². The Hall–Kier alpha value is -1.77. The van der Waals surface area contributed by atoms with Crippen molar-refractivity contribution in [2.24, 2.45) is 0 Å². The Labute approximate surface area is 98.5 Å². The van der Waals surface area contributed by atoms with Gasteiger partial charge in [0, 0.05) is 16.6 Å². The number of nitrogens with zero attached hydrogens (tertiary/aromatic N) is 1. The summed E-state index contributed by atoms with van der Waals surface area (Å²) in [6, 6.07) is 4.80. The number of rotatable bonds is 1. The SMILES string of the molecule is CC(=O)c1c2c(nc3c(F)cccc13)CCC2. The van der Waals surface area contributed by atoms with Crippen LogP contribution < -0.4 is 0 Å². The molecule has 0 saturated carbocycles. The van der Waals surface area contributed by atoms with E-state index in [9.17, 15) is 9.18 Å². The summed E-state index contributed by atoms with van der Waals surface area (Å²) in [6.45, 7) is 1.54. The lowest BCUT2D eigenvalue weighted by Gasteiger charge is -2.09. The number of carbonyl (C=O) groups is 1. The van der Waals surface area contributed by atoms with Gasteiger partial charge in [0.25, 0.3) is 0 Å². The maximum absolute atomic E-state index is 13.7. The van der Waals surface area contributed by atoms with Gasteiger partial charge in [-0.25, -0.2) is 9.37 Å². The van der Waals surface area contributed by atoms with Gasteiger partial charge in [-0.1, -0.05) is 12.1 Å². The summed E-state index contributed by atoms with van der Waals surface area (Å²) >= 11 is 0. The molecule has 1 heterocycles. The average molecular weight is 229 g/mol. The summed E-state index contributed by atoms with van der Waals surface area (Å²) in [5, 5.41) is 0.651. The Morgan fingerprint density at radius 2 is 2.18 bits per heavy atom. The first-order valence-electron chi connectivity index (χ1n) is 5.79. The van der Waals surface area contributed by atoms with E-state index in [-0.39, 0.29) is 11.6 Å². The van der Waals surface area contributed by atoms with Crippen LogP contribution in [-0.4, -0.2) is 10.8 Å². The molecule has 1 aromatic carbocycles. The van der Waals surface area contributed by atoms with Crippen molar-refractivity contribution in [2.45, 2.75) is 26.2 Å². The van der Waals surface area contributed by atoms with Gasteiger partial charge >= 0.3 is 0 Å². The molecular formula is C14H12FNO. The van der Waals surface area contributed by atoms with Gasteiger partial charge in [-0.05, 0) is 37.8 Å². The number of aromatic nitrogens is 1. The molecule has 86 valence electrons. The molecule has 0 N–H and O–H groups in total. The lowest BCUT2D eigenvalue weighted by molar-refractivity contribution is 0.101. The van der Waals surface area contributed by atoms with Crippen molar-refractivity contribution in [3.8, 4) is 0 Å². The highest BCUT2D eigenvalue weighted by molar-refractivity contribution is 6.07. The van der Waals surface area contributed by atoms with Gasteiger partial charge in [-0.2, -0.15) is 0 Å². The molecule has 0 unspecified atom stereocenters. The Morgan fingerprint density at radius 1 is 1.35 bits per heavy atom. The molecule has 0 amide bonds. The quantitative estimate of drug-likeness (QED) is 0.703. The van der Waals surface area contributed by atoms with Crippen molar-refractivity contribution < 1.29 is 9.18 Å². The number of aryl methyl sites for hydroxylation is 1. The zero-order valence-electron chi connectivity index (χ0n) is 9.59. The summed E-state index contributed by atoms with van der Waals surface area (Å²) in [5.74, 6) is -0.346. The molecule has 1 aliphatic rings. The van der Waals surface area contributed by atoms with Crippen LogP contribution in [0.3, 0.4) is 0 Å². The molecule has 0 bridgehead atoms. The Balaban J connectivity index is 2.49. The first-order valence-corrected chi connectivity index (χ1v) is 5.79. The zero-order valence-corrected chi connectivity index (χ0v) is 9.59. The lowest BCUT2D eigenvalue weighted by Crippen LogP contribution is -2.04. The largest absolute Gasteiger partial charge is 0.294 e. The first kappa shape index (κ1) is 10.4. The van der Waals surface area contributed by atoms with Gasteiger partial charge in [-0.3, -0.25) is 4.79 Å². The molecular weight excluding hydrogens is 217 g/mol. The summed E-state index contributed by atoms with van der Waals surface area (Å²) in [5.41, 5.74) is 2.92. The minimum Gasteiger partial charge on any atom is -0.294 e. The zero-order chi connectivity index (χ0) is 12.0. The summed E-state index contributed by atoms with van der Waals surface area (Å²) in [6.07, 6.45) is 2.73. The highest BCUT2D eigenvalue weighted by Gasteiger charge is 2.22. The second kappa shape index (κ2) is 3.62. The number of hydrogen-bond acceptors (Lipinski definition) is 2. The molecule has 0 radical (unpaired) electrons. The van der Waals surface area contributed by atoms with Gasteiger partial charge in [0.1, 0.15) is 11.3 Å². The number of carbonyl (C=O) groups excluding carboxylic acids is 1. The topological polar surface area (TPSA) is 30.0 Å². The number of pyridine rings is 1. The standard InChI is InChI=1S/C14H12FNO/c1-8(17)13-9-4-3-7-12(9)16-14-10(13)5-2-6-11(14)15/h2,5-6H,3-4,7H2,1H3. The molecule has 3 rings (SSSR count). The molecule has 2 nitrogen and oxygen atoms in total. The molecule has 2 aromatic rings. The summed E-state index contributed by atoms with van der Waals surface area (Å²) in [4.78, 5) is 16.2. The predicted octanol–water partition coefficient (Wildman–Crippen LogP) is 3.07. The van der Waals surface area contributed by atoms with Crippen LogP contribution in [0.2, 0.25) is 0 Å². The van der Waals surface area contributed by atoms with Crippen LogP contribution in [-0.2, 0) is 12.8 Å². The van der Waals surface area contributed by atoms with Crippen LogP contribution in [0.1, 0.15) is 35.0 Å². The van der Waals surface area contributed by atoms with E-state index in [1.807, 2.05) is 0 Å². The van der Waals surface area contributed by atoms with Crippen LogP contribution in [0.25, 0.3) is 10.9 Å². The molecule has 17 heavy (non-hydrogen) atoms. The molecule has 0 aliphatic heterocycles. The molecule has 3 heteroatoms. The van der Waals surface area contributed by atoms with Crippen LogP contribution >= 0.6 is 0 Å². The van der Waals surface area contributed by atoms with E-state index < -0.39 is 0 Å². The van der Waals surface area contributed by atoms with E-state index in [2.05, 4.69) is 4.98 Å². The van der Waals surface area contributed by atoms with Crippen molar-refractivity contribution in [2.75, 3.05) is 0 Å². The Kier molecular flexibility index (Phi) is 2.21. The van der Waals surface area contributed by atoms with E-state index >= 15 is 0 Å². The lowest BCUT2D eigenvalue weighted by atomic mass is 9.98. The van der Waals surface area contributed by atoms with E-state index in [1.165, 1.54) is 13.0 Å². The third kappa shape index (κ3) is 1.46. The number of ketones is 1. The second-order valence-corrected chi connectivity index (χ2v) is 4.46. The fourth-order valence-corrected chi connectivity index (χ4v) is 2.65. The van der Waals surface area contributed by atoms with Crippen molar-refractivity contribution in [1.29, 1.82) is 0 Å². The number of halogens is 1. The molecule has 0 fully saturated rings. The van der Waals surface area contributed by atoms with Gasteiger partial charge in [0.15, 0.2) is 5.78 Å². The molecule has 1 aromatic heterocycles. The first-order chi connectivity index (χ1) is 8.18. The summed E-state index contributed by atoms with van der Waals surface area (Å²) in [7, 11) is 0. The monoisotopic (exact) mass is 229 g/mol. The third-order valence-corrected chi connectivity index (χ3v) is 3.35. The molecule has 0 saturated heterocycles. The molecule has 1 aliphatic carbocycles. The molecule has 0 spiro atoms. The van der Waals surface area contributed by atoms with Crippen molar-refractivity contribution in [3.05, 3.63) is 40.8 Å². The van der Waals surface area contributed by atoms with E-state index in [0.717, 1.165) is 30.5 Å². The normalized spacial score (nSPS) is 14.0. The molecule has 0 atom stereocenters. The Morgan fingerprint density at radius 3 is 2.94 bits per heavy atom. The smallest absolute Gasteiger partial charge is 0.160 e. The maximum atomic E-state index is 13.7. The highest BCUT2D eigenvalue weighted by atomic mass is 19.1. The number of hydrogen-bond donors (Lipinski definition) is 0. The fraction of sp³-hybridized carbons (Fsp3) is 0.286. The van der Waals surface area contributed by atoms with Gasteiger partial charge in [-0.15, -0.1) is 0 Å².